The van der Waals surface area contributed by atoms with Gasteiger partial charge in [-0.15, -0.1) is 0 Å². The van der Waals surface area contributed by atoms with E-state index in [2.05, 4.69) is 32.9 Å². The predicted octanol–water partition coefficient (Wildman–Crippen LogP) is 6.05. The van der Waals surface area contributed by atoms with E-state index in [9.17, 15) is 4.79 Å². The lowest BCUT2D eigenvalue weighted by atomic mass is 9.87. The van der Waals surface area contributed by atoms with Gasteiger partial charge in [-0.2, -0.15) is 0 Å². The van der Waals surface area contributed by atoms with Gasteiger partial charge < -0.3 is 4.74 Å². The van der Waals surface area contributed by atoms with Crippen molar-refractivity contribution in [1.29, 1.82) is 0 Å². The third-order valence-corrected chi connectivity index (χ3v) is 4.30. The minimum atomic E-state index is -0.402. The van der Waals surface area contributed by atoms with Crippen LogP contribution in [-0.2, 0) is 21.6 Å². The smallest absolute Gasteiger partial charge is 0.331 e. The standard InChI is InChI=1S/C20H20Cl2O2/c1-20(2,3)16-8-4-15(5-9-16)13-24-19(23)11-7-14-6-10-17(21)18(22)12-14/h4-12H,13H2,1-3H3/b11-7+. The molecule has 0 aliphatic heterocycles. The lowest BCUT2D eigenvalue weighted by Crippen LogP contribution is -2.10. The van der Waals surface area contributed by atoms with Crippen LogP contribution in [0.1, 0.15) is 37.5 Å². The zero-order valence-electron chi connectivity index (χ0n) is 14.0. The average molecular weight is 363 g/mol. The molecule has 0 saturated heterocycles. The molecule has 2 aromatic carbocycles. The maximum Gasteiger partial charge on any atom is 0.331 e. The molecule has 0 saturated carbocycles. The third-order valence-electron chi connectivity index (χ3n) is 3.56. The second-order valence-electron chi connectivity index (χ2n) is 6.56. The van der Waals surface area contributed by atoms with E-state index in [0.29, 0.717) is 10.0 Å². The minimum Gasteiger partial charge on any atom is -0.458 e. The largest absolute Gasteiger partial charge is 0.458 e. The SMILES string of the molecule is CC(C)(C)c1ccc(COC(=O)/C=C/c2ccc(Cl)c(Cl)c2)cc1. The summed E-state index contributed by atoms with van der Waals surface area (Å²) in [6, 6.07) is 13.3. The minimum absolute atomic E-state index is 0.109. The number of rotatable bonds is 4. The van der Waals surface area contributed by atoms with Crippen LogP contribution in [0.3, 0.4) is 0 Å². The van der Waals surface area contributed by atoms with Gasteiger partial charge >= 0.3 is 5.97 Å². The summed E-state index contributed by atoms with van der Waals surface area (Å²) in [4.78, 5) is 11.8. The van der Waals surface area contributed by atoms with Crippen LogP contribution in [0.2, 0.25) is 10.0 Å². The van der Waals surface area contributed by atoms with Crippen LogP contribution >= 0.6 is 23.2 Å². The summed E-state index contributed by atoms with van der Waals surface area (Å²) in [6.07, 6.45) is 3.02. The first kappa shape index (κ1) is 18.6. The van der Waals surface area contributed by atoms with Crippen LogP contribution in [0.5, 0.6) is 0 Å². The number of carbonyl (C=O) groups excluding carboxylic acids is 1. The summed E-state index contributed by atoms with van der Waals surface area (Å²) in [5.41, 5.74) is 3.10. The molecule has 0 spiro atoms. The quantitative estimate of drug-likeness (QED) is 0.488. The fraction of sp³-hybridized carbons (Fsp3) is 0.250. The van der Waals surface area contributed by atoms with E-state index >= 15 is 0 Å². The van der Waals surface area contributed by atoms with Crippen molar-refractivity contribution in [2.24, 2.45) is 0 Å². The number of carbonyl (C=O) groups is 1. The van der Waals surface area contributed by atoms with E-state index < -0.39 is 5.97 Å². The summed E-state index contributed by atoms with van der Waals surface area (Å²) in [5, 5.41) is 0.932. The fourth-order valence-corrected chi connectivity index (χ4v) is 2.39. The summed E-state index contributed by atoms with van der Waals surface area (Å²) >= 11 is 11.8. The molecule has 4 heteroatoms. The Balaban J connectivity index is 1.91. The molecule has 0 unspecified atom stereocenters. The van der Waals surface area contributed by atoms with Gasteiger partial charge in [-0.25, -0.2) is 4.79 Å². The van der Waals surface area contributed by atoms with E-state index in [1.54, 1.807) is 24.3 Å². The molecule has 0 N–H and O–H groups in total. The molecule has 2 rings (SSSR count). The Labute approximate surface area is 153 Å². The molecule has 0 atom stereocenters. The second kappa shape index (κ2) is 7.87. The lowest BCUT2D eigenvalue weighted by molar-refractivity contribution is -0.138. The molecule has 0 aromatic heterocycles. The van der Waals surface area contributed by atoms with E-state index in [-0.39, 0.29) is 12.0 Å². The van der Waals surface area contributed by atoms with E-state index in [0.717, 1.165) is 11.1 Å². The first-order valence-electron chi connectivity index (χ1n) is 7.65. The summed E-state index contributed by atoms with van der Waals surface area (Å²) in [5.74, 6) is -0.402. The van der Waals surface area contributed by atoms with Crippen molar-refractivity contribution < 1.29 is 9.53 Å². The monoisotopic (exact) mass is 362 g/mol. The van der Waals surface area contributed by atoms with Crippen LogP contribution in [-0.4, -0.2) is 5.97 Å². The zero-order chi connectivity index (χ0) is 17.7. The topological polar surface area (TPSA) is 26.3 Å². The van der Waals surface area contributed by atoms with Gasteiger partial charge in [0.15, 0.2) is 0 Å². The van der Waals surface area contributed by atoms with Crippen LogP contribution in [0.15, 0.2) is 48.5 Å². The van der Waals surface area contributed by atoms with E-state index in [4.69, 9.17) is 27.9 Å². The number of esters is 1. The molecule has 0 aliphatic carbocycles. The first-order chi connectivity index (χ1) is 11.3. The highest BCUT2D eigenvalue weighted by Crippen LogP contribution is 2.23. The van der Waals surface area contributed by atoms with Gasteiger partial charge in [0.05, 0.1) is 10.0 Å². The first-order valence-corrected chi connectivity index (χ1v) is 8.40. The maximum absolute atomic E-state index is 11.8. The maximum atomic E-state index is 11.8. The van der Waals surface area contributed by atoms with Crippen molar-refractivity contribution in [3.05, 3.63) is 75.3 Å². The summed E-state index contributed by atoms with van der Waals surface area (Å²) in [7, 11) is 0. The van der Waals surface area contributed by atoms with Gasteiger partial charge in [0.1, 0.15) is 6.61 Å². The van der Waals surface area contributed by atoms with Crippen LogP contribution in [0.4, 0.5) is 0 Å². The molecule has 0 aliphatic rings. The van der Waals surface area contributed by atoms with E-state index in [1.807, 2.05) is 12.1 Å². The molecule has 0 radical (unpaired) electrons. The highest BCUT2D eigenvalue weighted by Gasteiger charge is 2.12. The Morgan fingerprint density at radius 3 is 2.29 bits per heavy atom. The molecule has 0 fully saturated rings. The Kier molecular flexibility index (Phi) is 6.09. The number of ether oxygens (including phenoxy) is 1. The molecule has 0 heterocycles. The van der Waals surface area contributed by atoms with Crippen LogP contribution in [0.25, 0.3) is 6.08 Å². The Bertz CT molecular complexity index is 741. The molecular formula is C20H20Cl2O2. The molecule has 0 amide bonds. The van der Waals surface area contributed by atoms with Crippen molar-refractivity contribution in [3.8, 4) is 0 Å². The fourth-order valence-electron chi connectivity index (χ4n) is 2.08. The molecule has 2 nitrogen and oxygen atoms in total. The predicted molar refractivity (Wildman–Crippen MR) is 100 cm³/mol. The number of hydrogen-bond donors (Lipinski definition) is 0. The number of halogens is 2. The van der Waals surface area contributed by atoms with Crippen molar-refractivity contribution in [1.82, 2.24) is 0 Å². The Morgan fingerprint density at radius 2 is 1.71 bits per heavy atom. The van der Waals surface area contributed by atoms with Crippen molar-refractivity contribution in [3.63, 3.8) is 0 Å². The molecule has 0 bridgehead atoms. The van der Waals surface area contributed by atoms with Crippen LogP contribution < -0.4 is 0 Å². The third kappa shape index (κ3) is 5.40. The lowest BCUT2D eigenvalue weighted by Gasteiger charge is -2.19. The summed E-state index contributed by atoms with van der Waals surface area (Å²) in [6.45, 7) is 6.73. The van der Waals surface area contributed by atoms with Crippen LogP contribution in [0, 0.1) is 0 Å². The summed E-state index contributed by atoms with van der Waals surface area (Å²) < 4.78 is 5.24. The van der Waals surface area contributed by atoms with Gasteiger partial charge in [0.2, 0.25) is 0 Å². The molecule has 2 aromatic rings. The highest BCUT2D eigenvalue weighted by atomic mass is 35.5. The van der Waals surface area contributed by atoms with Gasteiger partial charge in [-0.1, -0.05) is 74.3 Å². The van der Waals surface area contributed by atoms with E-state index in [1.165, 1.54) is 11.6 Å². The van der Waals surface area contributed by atoms with Gasteiger partial charge in [0, 0.05) is 6.08 Å². The average Bonchev–Trinajstić information content (AvgIpc) is 2.53. The van der Waals surface area contributed by atoms with Crippen molar-refractivity contribution in [2.45, 2.75) is 32.8 Å². The van der Waals surface area contributed by atoms with Crippen molar-refractivity contribution in [2.75, 3.05) is 0 Å². The number of benzene rings is 2. The number of hydrogen-bond acceptors (Lipinski definition) is 2. The Morgan fingerprint density at radius 1 is 1.04 bits per heavy atom. The van der Waals surface area contributed by atoms with Gasteiger partial charge in [-0.05, 0) is 40.3 Å². The zero-order valence-corrected chi connectivity index (χ0v) is 15.5. The molecule has 24 heavy (non-hydrogen) atoms. The molecular weight excluding hydrogens is 343 g/mol. The highest BCUT2D eigenvalue weighted by molar-refractivity contribution is 6.42. The molecule has 126 valence electrons. The normalized spacial score (nSPS) is 11.7. The van der Waals surface area contributed by atoms with Gasteiger partial charge in [-0.3, -0.25) is 0 Å². The Hall–Kier alpha value is -1.77. The van der Waals surface area contributed by atoms with Gasteiger partial charge in [0.25, 0.3) is 0 Å². The van der Waals surface area contributed by atoms with Crippen molar-refractivity contribution >= 4 is 35.2 Å². The second-order valence-corrected chi connectivity index (χ2v) is 7.38.